The van der Waals surface area contributed by atoms with Gasteiger partial charge in [0, 0.05) is 35.1 Å². The van der Waals surface area contributed by atoms with Crippen LogP contribution in [0.5, 0.6) is 0 Å². The minimum atomic E-state index is -1.61. The van der Waals surface area contributed by atoms with E-state index in [-0.39, 0.29) is 31.3 Å². The molecule has 0 atom stereocenters. The zero-order valence-corrected chi connectivity index (χ0v) is 29.1. The molecule has 0 saturated carbocycles. The molecule has 2 amide bonds. The average Bonchev–Trinajstić information content (AvgIpc) is 3.11. The number of benzene rings is 4. The third-order valence-electron chi connectivity index (χ3n) is 9.50. The maximum absolute atomic E-state index is 14.1. The van der Waals surface area contributed by atoms with Crippen molar-refractivity contribution in [1.29, 1.82) is 5.26 Å². The van der Waals surface area contributed by atoms with E-state index in [0.29, 0.717) is 22.5 Å². The topological polar surface area (TPSA) is 90.7 Å². The smallest absolute Gasteiger partial charge is 0.327 e. The van der Waals surface area contributed by atoms with E-state index in [4.69, 9.17) is 4.74 Å². The van der Waals surface area contributed by atoms with E-state index in [1.54, 1.807) is 41.0 Å². The number of fused-ring (bicyclic) bond motifs is 2. The molecular weight excluding hydrogens is 622 g/mol. The highest BCUT2D eigenvalue weighted by molar-refractivity contribution is 6.11. The Morgan fingerprint density at radius 2 is 1.02 bits per heavy atom. The minimum Gasteiger partial charge on any atom is -0.465 e. The summed E-state index contributed by atoms with van der Waals surface area (Å²) < 4.78 is 5.65. The fraction of sp³-hybridized carbons (Fsp3) is 0.256. The van der Waals surface area contributed by atoms with Gasteiger partial charge in [-0.2, -0.15) is 5.26 Å². The van der Waals surface area contributed by atoms with Crippen LogP contribution in [0.25, 0.3) is 11.1 Å². The number of nitriles is 1. The van der Waals surface area contributed by atoms with Crippen molar-refractivity contribution in [3.05, 3.63) is 144 Å². The molecule has 4 aromatic carbocycles. The summed E-state index contributed by atoms with van der Waals surface area (Å²) in [7, 11) is 0. The third-order valence-corrected chi connectivity index (χ3v) is 9.50. The molecule has 7 nitrogen and oxygen atoms in total. The molecule has 0 spiro atoms. The van der Waals surface area contributed by atoms with Gasteiger partial charge in [-0.15, -0.1) is 0 Å². The summed E-state index contributed by atoms with van der Waals surface area (Å²) >= 11 is 0. The lowest BCUT2D eigenvalue weighted by Crippen LogP contribution is -2.49. The van der Waals surface area contributed by atoms with Crippen LogP contribution in [0.1, 0.15) is 79.3 Å². The van der Waals surface area contributed by atoms with E-state index >= 15 is 0 Å². The number of carbonyl (C=O) groups is 3. The van der Waals surface area contributed by atoms with Gasteiger partial charge in [-0.3, -0.25) is 24.2 Å². The molecule has 0 unspecified atom stereocenters. The van der Waals surface area contributed by atoms with Gasteiger partial charge < -0.3 is 4.74 Å². The molecule has 2 aliphatic heterocycles. The molecule has 0 radical (unpaired) electrons. The van der Waals surface area contributed by atoms with Gasteiger partial charge in [-0.25, -0.2) is 0 Å². The van der Waals surface area contributed by atoms with Crippen molar-refractivity contribution in [2.24, 2.45) is 5.41 Å². The summed E-state index contributed by atoms with van der Waals surface area (Å²) in [4.78, 5) is 45.6. The molecule has 0 bridgehead atoms. The second kappa shape index (κ2) is 13.3. The zero-order valence-electron chi connectivity index (χ0n) is 29.1. The molecule has 2 aliphatic rings. The van der Waals surface area contributed by atoms with Crippen LogP contribution in [0.3, 0.4) is 0 Å². The number of para-hydroxylation sites is 2. The maximum Gasteiger partial charge on any atom is 0.327 e. The molecule has 0 aromatic heterocycles. The minimum absolute atomic E-state index is 0.0583. The summed E-state index contributed by atoms with van der Waals surface area (Å²) in [5, 5.41) is 11.0. The van der Waals surface area contributed by atoms with Crippen LogP contribution in [0.4, 0.5) is 11.4 Å². The lowest BCUT2D eigenvalue weighted by molar-refractivity contribution is -0.151. The quantitative estimate of drug-likeness (QED) is 0.176. The Bertz CT molecular complexity index is 1920. The molecule has 50 heavy (non-hydrogen) atoms. The normalized spacial score (nSPS) is 15.8. The molecule has 0 aliphatic carbocycles. The second-order valence-corrected chi connectivity index (χ2v) is 14.0. The molecule has 0 saturated heterocycles. The Balaban J connectivity index is 1.43. The highest BCUT2D eigenvalue weighted by Gasteiger charge is 2.47. The molecule has 2 heterocycles. The second-order valence-electron chi connectivity index (χ2n) is 14.0. The lowest BCUT2D eigenvalue weighted by Gasteiger charge is -2.44. The molecule has 0 N–H and O–H groups in total. The number of allylic oxidation sites excluding steroid dienone is 2. The number of anilines is 2. The maximum atomic E-state index is 14.1. The number of carbonyl (C=O) groups excluding carboxylic acids is 3. The molecule has 7 heteroatoms. The average molecular weight is 664 g/mol. The Kier molecular flexibility index (Phi) is 9.07. The standard InChI is InChI=1S/C43H41N3O4/c1-6-50-40(49)43(29-44,27-32-25-41(2,3)45(36-23-15-13-21-34(32)36)38(47)30-17-9-7-10-18-30)28-33-26-42(4,5)46(37-24-16-14-22-35(33)37)39(48)31-19-11-8-12-20-31/h7-26H,6,27-28H2,1-5H3. The summed E-state index contributed by atoms with van der Waals surface area (Å²) in [6.45, 7) is 9.69. The van der Waals surface area contributed by atoms with Crippen LogP contribution in [-0.4, -0.2) is 35.5 Å². The van der Waals surface area contributed by atoms with E-state index in [1.807, 2.05) is 125 Å². The van der Waals surface area contributed by atoms with Gasteiger partial charge >= 0.3 is 5.97 Å². The molecule has 252 valence electrons. The van der Waals surface area contributed by atoms with E-state index in [1.165, 1.54) is 0 Å². The van der Waals surface area contributed by atoms with E-state index in [9.17, 15) is 19.6 Å². The SMILES string of the molecule is CCOC(=O)C(C#N)(CC1=CC(C)(C)N(C(=O)c2ccccc2)c2ccccc21)CC1=CC(C)(C)N(C(=O)c2ccccc2)c2ccccc21. The van der Waals surface area contributed by atoms with Crippen molar-refractivity contribution in [2.45, 2.75) is 58.5 Å². The Morgan fingerprint density at radius 3 is 1.40 bits per heavy atom. The summed E-state index contributed by atoms with van der Waals surface area (Å²) in [6.07, 6.45) is 4.11. The van der Waals surface area contributed by atoms with Crippen LogP contribution in [-0.2, 0) is 9.53 Å². The van der Waals surface area contributed by atoms with Crippen LogP contribution < -0.4 is 9.80 Å². The van der Waals surface area contributed by atoms with Gasteiger partial charge in [0.2, 0.25) is 0 Å². The van der Waals surface area contributed by atoms with Crippen molar-refractivity contribution >= 4 is 40.3 Å². The van der Waals surface area contributed by atoms with Crippen LogP contribution >= 0.6 is 0 Å². The van der Waals surface area contributed by atoms with Crippen molar-refractivity contribution < 1.29 is 19.1 Å². The van der Waals surface area contributed by atoms with Gasteiger partial charge in [0.25, 0.3) is 11.8 Å². The van der Waals surface area contributed by atoms with Crippen LogP contribution in [0.15, 0.2) is 121 Å². The zero-order chi connectivity index (χ0) is 35.7. The first-order valence-corrected chi connectivity index (χ1v) is 16.9. The van der Waals surface area contributed by atoms with Crippen molar-refractivity contribution in [2.75, 3.05) is 16.4 Å². The molecule has 6 rings (SSSR count). The number of hydrogen-bond acceptors (Lipinski definition) is 5. The highest BCUT2D eigenvalue weighted by atomic mass is 16.5. The number of ether oxygens (including phenoxy) is 1. The van der Waals surface area contributed by atoms with Crippen molar-refractivity contribution in [1.82, 2.24) is 0 Å². The fourth-order valence-corrected chi connectivity index (χ4v) is 7.34. The van der Waals surface area contributed by atoms with Gasteiger partial charge in [-0.1, -0.05) is 84.9 Å². The predicted octanol–water partition coefficient (Wildman–Crippen LogP) is 8.88. The van der Waals surface area contributed by atoms with Crippen molar-refractivity contribution in [3.63, 3.8) is 0 Å². The number of nitrogens with zero attached hydrogens (tertiary/aromatic N) is 3. The number of rotatable bonds is 8. The molecule has 0 fully saturated rings. The number of amides is 2. The van der Waals surface area contributed by atoms with Gasteiger partial charge in [0.15, 0.2) is 5.41 Å². The van der Waals surface area contributed by atoms with E-state index in [0.717, 1.165) is 22.3 Å². The fourth-order valence-electron chi connectivity index (χ4n) is 7.34. The largest absolute Gasteiger partial charge is 0.465 e. The van der Waals surface area contributed by atoms with Crippen LogP contribution in [0, 0.1) is 16.7 Å². The Labute approximate surface area is 294 Å². The van der Waals surface area contributed by atoms with Gasteiger partial charge in [0.05, 0.1) is 35.1 Å². The summed E-state index contributed by atoms with van der Waals surface area (Å²) in [5.74, 6) is -0.896. The van der Waals surface area contributed by atoms with Gasteiger partial charge in [0.1, 0.15) is 0 Å². The summed E-state index contributed by atoms with van der Waals surface area (Å²) in [6, 6.07) is 36.0. The van der Waals surface area contributed by atoms with Crippen molar-refractivity contribution in [3.8, 4) is 6.07 Å². The first-order chi connectivity index (χ1) is 23.9. The van der Waals surface area contributed by atoms with Crippen LogP contribution in [0.2, 0.25) is 0 Å². The lowest BCUT2D eigenvalue weighted by atomic mass is 9.71. The Hall–Kier alpha value is -5.74. The third kappa shape index (κ3) is 6.14. The monoisotopic (exact) mass is 663 g/mol. The van der Waals surface area contributed by atoms with E-state index in [2.05, 4.69) is 6.07 Å². The first kappa shape index (κ1) is 34.1. The molecular formula is C43H41N3O4. The van der Waals surface area contributed by atoms with E-state index < -0.39 is 22.5 Å². The van der Waals surface area contributed by atoms with Gasteiger partial charge in [-0.05, 0) is 82.2 Å². The first-order valence-electron chi connectivity index (χ1n) is 16.9. The summed E-state index contributed by atoms with van der Waals surface area (Å²) in [5.41, 5.74) is 2.46. The molecule has 4 aromatic rings. The number of hydrogen-bond donors (Lipinski definition) is 0. The Morgan fingerprint density at radius 1 is 0.640 bits per heavy atom. The predicted molar refractivity (Wildman–Crippen MR) is 197 cm³/mol. The highest BCUT2D eigenvalue weighted by Crippen LogP contribution is 2.49. The number of esters is 1.